The van der Waals surface area contributed by atoms with E-state index in [-0.39, 0.29) is 48.6 Å². The number of hydrogen-bond donors (Lipinski definition) is 1. The molecule has 1 aromatic carbocycles. The number of nitrogens with zero attached hydrogens (tertiary/aromatic N) is 4. The Kier molecular flexibility index (Phi) is 6.42. The summed E-state index contributed by atoms with van der Waals surface area (Å²) in [7, 11) is 2.86. The Morgan fingerprint density at radius 1 is 1.19 bits per heavy atom. The lowest BCUT2D eigenvalue weighted by molar-refractivity contribution is -0.137. The molecule has 32 heavy (non-hydrogen) atoms. The van der Waals surface area contributed by atoms with Crippen LogP contribution in [0.5, 0.6) is 5.75 Å². The van der Waals surface area contributed by atoms with E-state index in [1.807, 2.05) is 0 Å². The number of hydrogen-bond acceptors (Lipinski definition) is 5. The largest absolute Gasteiger partial charge is 0.492 e. The van der Waals surface area contributed by atoms with E-state index in [4.69, 9.17) is 4.74 Å². The first-order valence-electron chi connectivity index (χ1n) is 9.79. The first-order valence-corrected chi connectivity index (χ1v) is 9.79. The molecule has 0 aliphatic heterocycles. The highest BCUT2D eigenvalue weighted by Crippen LogP contribution is 2.35. The van der Waals surface area contributed by atoms with Gasteiger partial charge in [-0.3, -0.25) is 18.7 Å². The van der Waals surface area contributed by atoms with Gasteiger partial charge in [-0.1, -0.05) is 0 Å². The molecule has 12 heteroatoms. The van der Waals surface area contributed by atoms with E-state index >= 15 is 0 Å². The summed E-state index contributed by atoms with van der Waals surface area (Å²) in [5.41, 5.74) is -1.51. The van der Waals surface area contributed by atoms with Crippen LogP contribution in [-0.4, -0.2) is 31.2 Å². The maximum absolute atomic E-state index is 13.0. The molecule has 0 radical (unpaired) electrons. The fraction of sp³-hybridized carbons (Fsp3) is 0.400. The molecule has 0 aliphatic carbocycles. The van der Waals surface area contributed by atoms with Crippen LogP contribution in [0.3, 0.4) is 0 Å². The van der Waals surface area contributed by atoms with Crippen molar-refractivity contribution in [1.82, 2.24) is 18.7 Å². The molecule has 3 aromatic rings. The number of ether oxygens (including phenoxy) is 1. The van der Waals surface area contributed by atoms with Crippen LogP contribution in [0.1, 0.15) is 25.3 Å². The van der Waals surface area contributed by atoms with E-state index in [2.05, 4.69) is 10.3 Å². The fourth-order valence-corrected chi connectivity index (χ4v) is 3.27. The van der Waals surface area contributed by atoms with Crippen molar-refractivity contribution in [2.45, 2.75) is 32.5 Å². The summed E-state index contributed by atoms with van der Waals surface area (Å²) < 4.78 is 48.1. The molecule has 0 spiro atoms. The van der Waals surface area contributed by atoms with Gasteiger partial charge in [-0.25, -0.2) is 9.78 Å². The van der Waals surface area contributed by atoms with E-state index in [0.29, 0.717) is 0 Å². The average molecular weight is 453 g/mol. The number of anilines is 1. The van der Waals surface area contributed by atoms with Crippen LogP contribution in [0.2, 0.25) is 0 Å². The first-order chi connectivity index (χ1) is 15.0. The Labute approximate surface area is 180 Å². The molecule has 0 aliphatic rings. The molecule has 172 valence electrons. The SMILES string of the molecule is CCOc1ccc(C(F)(F)F)cc1NC(=O)CCCn1cnc2c1c(=O)n(C)c(=O)n2C. The minimum Gasteiger partial charge on any atom is -0.492 e. The van der Waals surface area contributed by atoms with Crippen LogP contribution in [0.4, 0.5) is 18.9 Å². The number of carbonyl (C=O) groups is 1. The minimum atomic E-state index is -4.56. The van der Waals surface area contributed by atoms with Crippen LogP contribution in [0, 0.1) is 0 Å². The third kappa shape index (κ3) is 4.53. The molecule has 0 unspecified atom stereocenters. The van der Waals surface area contributed by atoms with Crippen molar-refractivity contribution in [2.75, 3.05) is 11.9 Å². The molecule has 0 fully saturated rings. The van der Waals surface area contributed by atoms with Crippen LogP contribution in [-0.2, 0) is 31.6 Å². The molecular formula is C20H22F3N5O4. The number of halogens is 3. The third-order valence-corrected chi connectivity index (χ3v) is 4.90. The van der Waals surface area contributed by atoms with E-state index in [9.17, 15) is 27.6 Å². The number of carbonyl (C=O) groups excluding carboxylic acids is 1. The molecule has 0 saturated heterocycles. The molecule has 2 aromatic heterocycles. The Morgan fingerprint density at radius 3 is 2.56 bits per heavy atom. The van der Waals surface area contributed by atoms with Crippen molar-refractivity contribution in [2.24, 2.45) is 14.1 Å². The van der Waals surface area contributed by atoms with Gasteiger partial charge in [0.25, 0.3) is 5.56 Å². The molecular weight excluding hydrogens is 431 g/mol. The zero-order valence-corrected chi connectivity index (χ0v) is 17.7. The monoisotopic (exact) mass is 453 g/mol. The van der Waals surface area contributed by atoms with Gasteiger partial charge in [-0.05, 0) is 31.5 Å². The molecule has 1 amide bonds. The molecule has 9 nitrogen and oxygen atoms in total. The Balaban J connectivity index is 1.73. The summed E-state index contributed by atoms with van der Waals surface area (Å²) in [6, 6.07) is 2.88. The second-order valence-corrected chi connectivity index (χ2v) is 7.11. The van der Waals surface area contributed by atoms with Crippen LogP contribution >= 0.6 is 0 Å². The van der Waals surface area contributed by atoms with Crippen LogP contribution < -0.4 is 21.3 Å². The molecule has 0 saturated carbocycles. The summed E-state index contributed by atoms with van der Waals surface area (Å²) in [6.07, 6.45) is -2.89. The molecule has 3 rings (SSSR count). The van der Waals surface area contributed by atoms with E-state index < -0.39 is 28.9 Å². The molecule has 0 bridgehead atoms. The van der Waals surface area contributed by atoms with Crippen LogP contribution in [0.25, 0.3) is 11.2 Å². The number of nitrogens with one attached hydrogen (secondary N) is 1. The van der Waals surface area contributed by atoms with E-state index in [0.717, 1.165) is 16.7 Å². The van der Waals surface area contributed by atoms with Crippen LogP contribution in [0.15, 0.2) is 34.1 Å². The maximum atomic E-state index is 13.0. The third-order valence-electron chi connectivity index (χ3n) is 4.90. The van der Waals surface area contributed by atoms with Crippen molar-refractivity contribution >= 4 is 22.8 Å². The van der Waals surface area contributed by atoms with Gasteiger partial charge in [-0.15, -0.1) is 0 Å². The van der Waals surface area contributed by atoms with E-state index in [1.165, 1.54) is 31.1 Å². The van der Waals surface area contributed by atoms with Crippen molar-refractivity contribution in [3.05, 3.63) is 50.9 Å². The average Bonchev–Trinajstić information content (AvgIpc) is 3.15. The summed E-state index contributed by atoms with van der Waals surface area (Å²) >= 11 is 0. The predicted molar refractivity (Wildman–Crippen MR) is 111 cm³/mol. The lowest BCUT2D eigenvalue weighted by atomic mass is 10.1. The Morgan fingerprint density at radius 2 is 1.91 bits per heavy atom. The summed E-state index contributed by atoms with van der Waals surface area (Å²) in [5.74, 6) is -0.367. The highest BCUT2D eigenvalue weighted by atomic mass is 19.4. The van der Waals surface area contributed by atoms with Crippen molar-refractivity contribution in [3.63, 3.8) is 0 Å². The lowest BCUT2D eigenvalue weighted by Gasteiger charge is -2.14. The zero-order valence-electron chi connectivity index (χ0n) is 17.7. The number of fused-ring (bicyclic) bond motifs is 1. The number of aryl methyl sites for hydroxylation is 2. The predicted octanol–water partition coefficient (Wildman–Crippen LogP) is 2.27. The lowest BCUT2D eigenvalue weighted by Crippen LogP contribution is -2.37. The zero-order chi connectivity index (χ0) is 23.6. The smallest absolute Gasteiger partial charge is 0.416 e. The maximum Gasteiger partial charge on any atom is 0.416 e. The van der Waals surface area contributed by atoms with Gasteiger partial charge in [0.15, 0.2) is 11.2 Å². The van der Waals surface area contributed by atoms with Gasteiger partial charge in [0.2, 0.25) is 5.91 Å². The summed E-state index contributed by atoms with van der Waals surface area (Å²) in [5, 5.41) is 2.46. The number of aromatic nitrogens is 4. The first kappa shape index (κ1) is 23.1. The molecule has 0 atom stereocenters. The van der Waals surface area contributed by atoms with Crippen molar-refractivity contribution in [1.29, 1.82) is 0 Å². The number of alkyl halides is 3. The summed E-state index contributed by atoms with van der Waals surface area (Å²) in [4.78, 5) is 40.9. The Hall–Kier alpha value is -3.57. The fourth-order valence-electron chi connectivity index (χ4n) is 3.27. The van der Waals surface area contributed by atoms with Gasteiger partial charge >= 0.3 is 11.9 Å². The van der Waals surface area contributed by atoms with Gasteiger partial charge in [0, 0.05) is 27.1 Å². The van der Waals surface area contributed by atoms with Gasteiger partial charge in [0.1, 0.15) is 5.75 Å². The number of amides is 1. The number of imidazole rings is 1. The van der Waals surface area contributed by atoms with Gasteiger partial charge in [0.05, 0.1) is 24.2 Å². The second-order valence-electron chi connectivity index (χ2n) is 7.11. The Bertz CT molecular complexity index is 1270. The normalized spacial score (nSPS) is 11.7. The number of benzene rings is 1. The summed E-state index contributed by atoms with van der Waals surface area (Å²) in [6.45, 7) is 2.15. The highest BCUT2D eigenvalue weighted by Gasteiger charge is 2.31. The van der Waals surface area contributed by atoms with Crippen molar-refractivity contribution < 1.29 is 22.7 Å². The van der Waals surface area contributed by atoms with Gasteiger partial charge in [-0.2, -0.15) is 13.2 Å². The minimum absolute atomic E-state index is 0.0203. The van der Waals surface area contributed by atoms with Crippen molar-refractivity contribution in [3.8, 4) is 5.75 Å². The second kappa shape index (κ2) is 8.89. The quantitative estimate of drug-likeness (QED) is 0.592. The van der Waals surface area contributed by atoms with Gasteiger partial charge < -0.3 is 14.6 Å². The number of rotatable bonds is 7. The topological polar surface area (TPSA) is 100 Å². The standard InChI is InChI=1S/C20H22F3N5O4/c1-4-32-14-8-7-12(20(21,22)23)10-13(14)25-15(29)6-5-9-28-11-24-17-16(28)18(30)27(3)19(31)26(17)2/h7-8,10-11H,4-6,9H2,1-3H3,(H,25,29). The molecule has 1 N–H and O–H groups in total. The highest BCUT2D eigenvalue weighted by molar-refractivity contribution is 5.92. The van der Waals surface area contributed by atoms with E-state index in [1.54, 1.807) is 11.5 Å². The molecule has 2 heterocycles.